The van der Waals surface area contributed by atoms with Gasteiger partial charge in [-0.2, -0.15) is 0 Å². The van der Waals surface area contributed by atoms with E-state index < -0.39 is 6.10 Å². The number of aryl methyl sites for hydroxylation is 2. The average molecular weight is 264 g/mol. The molecule has 1 N–H and O–H groups in total. The van der Waals surface area contributed by atoms with Crippen molar-refractivity contribution in [2.24, 2.45) is 0 Å². The highest BCUT2D eigenvalue weighted by Gasteiger charge is 2.13. The molecule has 100 valence electrons. The van der Waals surface area contributed by atoms with Gasteiger partial charge in [0, 0.05) is 28.5 Å². The molecule has 0 saturated heterocycles. The largest absolute Gasteiger partial charge is 0.384 e. The van der Waals surface area contributed by atoms with Crippen LogP contribution in [0.4, 0.5) is 0 Å². The Morgan fingerprint density at radius 1 is 1.05 bits per heavy atom. The Bertz CT molecular complexity index is 768. The Kier molecular flexibility index (Phi) is 3.20. The van der Waals surface area contributed by atoms with Gasteiger partial charge in [0.2, 0.25) is 0 Å². The Balaban J connectivity index is 2.06. The minimum absolute atomic E-state index is 0.658. The zero-order valence-corrected chi connectivity index (χ0v) is 11.5. The number of hydrogen-bond donors (Lipinski definition) is 1. The van der Waals surface area contributed by atoms with Crippen LogP contribution < -0.4 is 0 Å². The lowest BCUT2D eigenvalue weighted by Crippen LogP contribution is -2.03. The number of nitrogens with zero attached hydrogens (tertiary/aromatic N) is 2. The summed E-state index contributed by atoms with van der Waals surface area (Å²) in [6, 6.07) is 13.6. The maximum absolute atomic E-state index is 10.5. The molecule has 0 radical (unpaired) electrons. The first-order chi connectivity index (χ1) is 9.65. The Hall–Kier alpha value is -2.26. The first kappa shape index (κ1) is 12.8. The van der Waals surface area contributed by atoms with Crippen molar-refractivity contribution in [1.82, 2.24) is 9.97 Å². The number of aliphatic hydroxyl groups is 1. The molecular weight excluding hydrogens is 248 g/mol. The molecule has 0 spiro atoms. The average Bonchev–Trinajstić information content (AvgIpc) is 2.46. The summed E-state index contributed by atoms with van der Waals surface area (Å²) in [6.07, 6.45) is 1.08. The maximum atomic E-state index is 10.5. The normalized spacial score (nSPS) is 12.6. The molecule has 0 aliphatic heterocycles. The fraction of sp³-hybridized carbons (Fsp3) is 0.176. The molecule has 1 aromatic carbocycles. The van der Waals surface area contributed by atoms with Gasteiger partial charge in [-0.25, -0.2) is 0 Å². The lowest BCUT2D eigenvalue weighted by molar-refractivity contribution is 0.219. The van der Waals surface area contributed by atoms with Crippen LogP contribution in [-0.4, -0.2) is 15.1 Å². The van der Waals surface area contributed by atoms with Crippen molar-refractivity contribution in [3.05, 3.63) is 71.2 Å². The topological polar surface area (TPSA) is 46.0 Å². The molecule has 0 aliphatic carbocycles. The van der Waals surface area contributed by atoms with Gasteiger partial charge in [0.25, 0.3) is 0 Å². The molecule has 20 heavy (non-hydrogen) atoms. The van der Waals surface area contributed by atoms with E-state index in [1.165, 1.54) is 0 Å². The van der Waals surface area contributed by atoms with Crippen molar-refractivity contribution in [1.29, 1.82) is 0 Å². The van der Waals surface area contributed by atoms with E-state index in [-0.39, 0.29) is 0 Å². The molecule has 0 saturated carbocycles. The first-order valence-electron chi connectivity index (χ1n) is 6.62. The summed E-state index contributed by atoms with van der Waals surface area (Å²) in [7, 11) is 0. The molecule has 1 unspecified atom stereocenters. The summed E-state index contributed by atoms with van der Waals surface area (Å²) >= 11 is 0. The number of aliphatic hydroxyl groups excluding tert-OH is 1. The van der Waals surface area contributed by atoms with Crippen LogP contribution >= 0.6 is 0 Å². The van der Waals surface area contributed by atoms with E-state index >= 15 is 0 Å². The van der Waals surface area contributed by atoms with Crippen LogP contribution in [0.15, 0.2) is 48.7 Å². The van der Waals surface area contributed by atoms with Crippen molar-refractivity contribution >= 4 is 10.9 Å². The number of aromatic nitrogens is 2. The number of rotatable bonds is 2. The highest BCUT2D eigenvalue weighted by Crippen LogP contribution is 2.26. The second-order valence-corrected chi connectivity index (χ2v) is 4.99. The summed E-state index contributed by atoms with van der Waals surface area (Å²) in [4.78, 5) is 8.70. The molecule has 0 amide bonds. The third-order valence-electron chi connectivity index (χ3n) is 3.51. The van der Waals surface area contributed by atoms with E-state index in [0.29, 0.717) is 0 Å². The molecule has 3 heteroatoms. The fourth-order valence-electron chi connectivity index (χ4n) is 2.38. The van der Waals surface area contributed by atoms with Gasteiger partial charge in [-0.3, -0.25) is 9.97 Å². The van der Waals surface area contributed by atoms with E-state index in [1.807, 2.05) is 56.3 Å². The van der Waals surface area contributed by atoms with Gasteiger partial charge in [0.05, 0.1) is 5.52 Å². The van der Waals surface area contributed by atoms with E-state index in [1.54, 1.807) is 6.20 Å². The van der Waals surface area contributed by atoms with Gasteiger partial charge in [0.1, 0.15) is 6.10 Å². The third kappa shape index (κ3) is 2.28. The van der Waals surface area contributed by atoms with Crippen molar-refractivity contribution in [2.45, 2.75) is 20.0 Å². The molecule has 3 aromatic rings. The van der Waals surface area contributed by atoms with Crippen LogP contribution in [0, 0.1) is 13.8 Å². The summed E-state index contributed by atoms with van der Waals surface area (Å²) in [6.45, 7) is 3.88. The van der Waals surface area contributed by atoms with E-state index in [4.69, 9.17) is 0 Å². The van der Waals surface area contributed by atoms with Crippen molar-refractivity contribution in [3.8, 4) is 0 Å². The molecule has 1 atom stereocenters. The smallest absolute Gasteiger partial charge is 0.106 e. The minimum atomic E-state index is -0.658. The molecule has 3 nitrogen and oxygen atoms in total. The van der Waals surface area contributed by atoms with E-state index in [0.717, 1.165) is 33.4 Å². The number of fused-ring (bicyclic) bond motifs is 1. The molecular formula is C17H16N2O. The highest BCUT2D eigenvalue weighted by molar-refractivity contribution is 5.79. The summed E-state index contributed by atoms with van der Waals surface area (Å²) in [5.74, 6) is 0. The van der Waals surface area contributed by atoms with Gasteiger partial charge < -0.3 is 5.11 Å². The third-order valence-corrected chi connectivity index (χ3v) is 3.51. The first-order valence-corrected chi connectivity index (χ1v) is 6.62. The van der Waals surface area contributed by atoms with Gasteiger partial charge in [0.15, 0.2) is 0 Å². The highest BCUT2D eigenvalue weighted by atomic mass is 16.3. The second-order valence-electron chi connectivity index (χ2n) is 4.99. The molecule has 0 bridgehead atoms. The Morgan fingerprint density at radius 2 is 1.90 bits per heavy atom. The van der Waals surface area contributed by atoms with Crippen LogP contribution in [0.5, 0.6) is 0 Å². The van der Waals surface area contributed by atoms with Crippen LogP contribution in [-0.2, 0) is 0 Å². The van der Waals surface area contributed by atoms with Crippen molar-refractivity contribution in [2.75, 3.05) is 0 Å². The number of benzene rings is 1. The fourth-order valence-corrected chi connectivity index (χ4v) is 2.38. The lowest BCUT2D eigenvalue weighted by Gasteiger charge is -2.14. The van der Waals surface area contributed by atoms with Crippen LogP contribution in [0.2, 0.25) is 0 Å². The van der Waals surface area contributed by atoms with Crippen LogP contribution in [0.3, 0.4) is 0 Å². The molecule has 2 aromatic heterocycles. The molecule has 0 aliphatic rings. The Labute approximate surface area is 117 Å². The predicted octanol–water partition coefficient (Wildman–Crippen LogP) is 3.33. The number of pyridine rings is 2. The van der Waals surface area contributed by atoms with E-state index in [2.05, 4.69) is 9.97 Å². The molecule has 2 heterocycles. The Morgan fingerprint density at radius 3 is 2.70 bits per heavy atom. The van der Waals surface area contributed by atoms with Crippen LogP contribution in [0.1, 0.15) is 28.6 Å². The van der Waals surface area contributed by atoms with Crippen molar-refractivity contribution < 1.29 is 5.11 Å². The SMILES string of the molecule is Cc1ccc2cc(C(O)c3cccnc3C)ccc2n1. The van der Waals surface area contributed by atoms with Gasteiger partial charge in [-0.05, 0) is 43.7 Å². The molecule has 0 fully saturated rings. The van der Waals surface area contributed by atoms with E-state index in [9.17, 15) is 5.11 Å². The quantitative estimate of drug-likeness (QED) is 0.772. The zero-order chi connectivity index (χ0) is 14.1. The monoisotopic (exact) mass is 264 g/mol. The second kappa shape index (κ2) is 5.02. The van der Waals surface area contributed by atoms with Crippen LogP contribution in [0.25, 0.3) is 10.9 Å². The standard InChI is InChI=1S/C17H16N2O/c1-11-5-6-13-10-14(7-8-16(13)19-11)17(20)15-4-3-9-18-12(15)2/h3-10,17,20H,1-2H3. The molecule has 3 rings (SSSR count). The number of hydrogen-bond acceptors (Lipinski definition) is 3. The van der Waals surface area contributed by atoms with Gasteiger partial charge >= 0.3 is 0 Å². The summed E-state index contributed by atoms with van der Waals surface area (Å²) in [5, 5.41) is 11.6. The minimum Gasteiger partial charge on any atom is -0.384 e. The van der Waals surface area contributed by atoms with Crippen molar-refractivity contribution in [3.63, 3.8) is 0 Å². The maximum Gasteiger partial charge on any atom is 0.106 e. The van der Waals surface area contributed by atoms with Gasteiger partial charge in [-0.15, -0.1) is 0 Å². The lowest BCUT2D eigenvalue weighted by atomic mass is 9.99. The predicted molar refractivity (Wildman–Crippen MR) is 79.5 cm³/mol. The van der Waals surface area contributed by atoms with Gasteiger partial charge in [-0.1, -0.05) is 18.2 Å². The summed E-state index contributed by atoms with van der Waals surface area (Å²) in [5.41, 5.74) is 4.49. The summed E-state index contributed by atoms with van der Waals surface area (Å²) < 4.78 is 0. The zero-order valence-electron chi connectivity index (χ0n) is 11.5.